The Bertz CT molecular complexity index is 1340. The van der Waals surface area contributed by atoms with Gasteiger partial charge in [0.05, 0.1) is 39.8 Å². The van der Waals surface area contributed by atoms with Crippen LogP contribution in [-0.2, 0) is 6.54 Å². The molecule has 0 saturated carbocycles. The maximum Gasteiger partial charge on any atom is 0.277 e. The average Bonchev–Trinajstić information content (AvgIpc) is 3.26. The molecule has 2 heterocycles. The fourth-order valence-corrected chi connectivity index (χ4v) is 4.16. The predicted molar refractivity (Wildman–Crippen MR) is 121 cm³/mol. The minimum absolute atomic E-state index is 0.0469. The first-order valence-electron chi connectivity index (χ1n) is 9.45. The molecule has 1 amide bonds. The molecule has 166 valence electrons. The first-order valence-corrected chi connectivity index (χ1v) is 10.3. The molecule has 0 fully saturated rings. The third kappa shape index (κ3) is 4.45. The quantitative estimate of drug-likeness (QED) is 0.289. The molecule has 0 spiro atoms. The van der Waals surface area contributed by atoms with Gasteiger partial charge in [0, 0.05) is 24.5 Å². The molecule has 0 aliphatic heterocycles. The molecule has 0 aliphatic carbocycles. The molecule has 2 aromatic heterocycles. The molecule has 0 saturated heterocycles. The molecule has 11 nitrogen and oxygen atoms in total. The van der Waals surface area contributed by atoms with Crippen LogP contribution in [0.1, 0.15) is 15.9 Å². The van der Waals surface area contributed by atoms with Gasteiger partial charge in [-0.15, -0.1) is 0 Å². The number of nitro groups is 2. The number of rotatable bonds is 7. The van der Waals surface area contributed by atoms with Gasteiger partial charge < -0.3 is 4.74 Å². The van der Waals surface area contributed by atoms with E-state index in [4.69, 9.17) is 4.74 Å². The number of nitro benzene ring substituents is 2. The van der Waals surface area contributed by atoms with Gasteiger partial charge in [-0.1, -0.05) is 23.5 Å². The molecule has 0 N–H and O–H groups in total. The van der Waals surface area contributed by atoms with Crippen molar-refractivity contribution in [3.63, 3.8) is 0 Å². The molecule has 0 atom stereocenters. The van der Waals surface area contributed by atoms with Crippen LogP contribution in [0.3, 0.4) is 0 Å². The Morgan fingerprint density at radius 1 is 1.09 bits per heavy atom. The van der Waals surface area contributed by atoms with E-state index in [0.29, 0.717) is 22.0 Å². The summed E-state index contributed by atoms with van der Waals surface area (Å²) >= 11 is 1.22. The number of pyridine rings is 1. The maximum absolute atomic E-state index is 13.5. The van der Waals surface area contributed by atoms with Gasteiger partial charge in [0.25, 0.3) is 17.3 Å². The van der Waals surface area contributed by atoms with E-state index in [9.17, 15) is 25.0 Å². The number of methoxy groups -OCH3 is 1. The highest BCUT2D eigenvalue weighted by Gasteiger charge is 2.27. The number of thiazole rings is 1. The lowest BCUT2D eigenvalue weighted by Gasteiger charge is -2.20. The molecule has 0 unspecified atom stereocenters. The second-order valence-corrected chi connectivity index (χ2v) is 7.82. The Balaban J connectivity index is 1.84. The number of fused-ring (bicyclic) bond motifs is 1. The van der Waals surface area contributed by atoms with Crippen molar-refractivity contribution in [2.75, 3.05) is 12.0 Å². The number of ether oxygens (including phenoxy) is 1. The minimum atomic E-state index is -0.780. The Morgan fingerprint density at radius 2 is 1.82 bits per heavy atom. The zero-order valence-corrected chi connectivity index (χ0v) is 17.9. The van der Waals surface area contributed by atoms with E-state index in [0.717, 1.165) is 22.9 Å². The standard InChI is InChI=1S/C21H15N5O6S/c1-32-17-5-2-6-18-19(17)23-21(33-18)24(12-13-4-3-7-22-11-13)20(27)14-8-15(25(28)29)10-16(9-14)26(30)31/h2-11H,12H2,1H3. The van der Waals surface area contributed by atoms with Crippen LogP contribution in [0.25, 0.3) is 10.2 Å². The first-order chi connectivity index (χ1) is 15.9. The topological polar surface area (TPSA) is 142 Å². The highest BCUT2D eigenvalue weighted by molar-refractivity contribution is 7.22. The van der Waals surface area contributed by atoms with Crippen LogP contribution in [0.4, 0.5) is 16.5 Å². The van der Waals surface area contributed by atoms with E-state index < -0.39 is 27.1 Å². The van der Waals surface area contributed by atoms with Crippen LogP contribution >= 0.6 is 11.3 Å². The Hall–Kier alpha value is -4.45. The maximum atomic E-state index is 13.5. The molecule has 0 radical (unpaired) electrons. The van der Waals surface area contributed by atoms with Gasteiger partial charge in [0.15, 0.2) is 5.13 Å². The minimum Gasteiger partial charge on any atom is -0.494 e. The number of para-hydroxylation sites is 1. The van der Waals surface area contributed by atoms with Crippen LogP contribution in [0.2, 0.25) is 0 Å². The highest BCUT2D eigenvalue weighted by Crippen LogP contribution is 2.35. The van der Waals surface area contributed by atoms with Gasteiger partial charge in [0.2, 0.25) is 0 Å². The van der Waals surface area contributed by atoms with Crippen molar-refractivity contribution in [1.29, 1.82) is 0 Å². The van der Waals surface area contributed by atoms with E-state index >= 15 is 0 Å². The van der Waals surface area contributed by atoms with Crippen molar-refractivity contribution >= 4 is 44.0 Å². The van der Waals surface area contributed by atoms with E-state index in [-0.39, 0.29) is 12.1 Å². The SMILES string of the molecule is COc1cccc2sc(N(Cc3cccnc3)C(=O)c3cc([N+](=O)[O-])cc([N+](=O)[O-])c3)nc12. The summed E-state index contributed by atoms with van der Waals surface area (Å²) < 4.78 is 6.11. The fourth-order valence-electron chi connectivity index (χ4n) is 3.18. The molecule has 4 rings (SSSR count). The molecular formula is C21H15N5O6S. The lowest BCUT2D eigenvalue weighted by Crippen LogP contribution is -2.30. The van der Waals surface area contributed by atoms with Gasteiger partial charge in [-0.3, -0.25) is 34.9 Å². The Kier molecular flexibility index (Phi) is 5.91. The summed E-state index contributed by atoms with van der Waals surface area (Å²) in [5.74, 6) is -0.154. The number of hydrogen-bond acceptors (Lipinski definition) is 9. The van der Waals surface area contributed by atoms with Crippen LogP contribution in [0, 0.1) is 20.2 Å². The van der Waals surface area contributed by atoms with E-state index in [1.165, 1.54) is 23.3 Å². The number of aromatic nitrogens is 2. The van der Waals surface area contributed by atoms with Crippen molar-refractivity contribution in [3.8, 4) is 5.75 Å². The molecule has 12 heteroatoms. The van der Waals surface area contributed by atoms with Crippen LogP contribution < -0.4 is 9.64 Å². The number of carbonyl (C=O) groups is 1. The zero-order chi connectivity index (χ0) is 23.5. The molecule has 33 heavy (non-hydrogen) atoms. The summed E-state index contributed by atoms with van der Waals surface area (Å²) in [7, 11) is 1.51. The third-order valence-electron chi connectivity index (χ3n) is 4.70. The number of anilines is 1. The number of amides is 1. The Morgan fingerprint density at radius 3 is 2.42 bits per heavy atom. The lowest BCUT2D eigenvalue weighted by atomic mass is 10.1. The second kappa shape index (κ2) is 8.96. The molecule has 4 aromatic rings. The van der Waals surface area contributed by atoms with Crippen molar-refractivity contribution in [2.24, 2.45) is 0 Å². The smallest absolute Gasteiger partial charge is 0.277 e. The predicted octanol–water partition coefficient (Wildman–Crippen LogP) is 4.36. The number of hydrogen-bond donors (Lipinski definition) is 0. The largest absolute Gasteiger partial charge is 0.494 e. The van der Waals surface area contributed by atoms with E-state index in [1.807, 2.05) is 6.07 Å². The number of non-ortho nitro benzene ring substituents is 2. The summed E-state index contributed by atoms with van der Waals surface area (Å²) in [6, 6.07) is 11.7. The third-order valence-corrected chi connectivity index (χ3v) is 5.74. The van der Waals surface area contributed by atoms with Crippen LogP contribution in [-0.4, -0.2) is 32.8 Å². The zero-order valence-electron chi connectivity index (χ0n) is 17.1. The monoisotopic (exact) mass is 465 g/mol. The molecule has 0 bridgehead atoms. The van der Waals surface area contributed by atoms with Gasteiger partial charge >= 0.3 is 0 Å². The van der Waals surface area contributed by atoms with Crippen molar-refractivity contribution < 1.29 is 19.4 Å². The summed E-state index contributed by atoms with van der Waals surface area (Å²) in [4.78, 5) is 44.5. The number of nitrogens with zero attached hydrogens (tertiary/aromatic N) is 5. The number of benzene rings is 2. The van der Waals surface area contributed by atoms with Crippen molar-refractivity contribution in [1.82, 2.24) is 9.97 Å². The average molecular weight is 465 g/mol. The van der Waals surface area contributed by atoms with Crippen LogP contribution in [0.5, 0.6) is 5.75 Å². The van der Waals surface area contributed by atoms with Gasteiger partial charge in [-0.25, -0.2) is 4.98 Å². The van der Waals surface area contributed by atoms with Gasteiger partial charge in [0.1, 0.15) is 11.3 Å². The van der Waals surface area contributed by atoms with Gasteiger partial charge in [-0.05, 0) is 23.8 Å². The molecule has 0 aliphatic rings. The summed E-state index contributed by atoms with van der Waals surface area (Å²) in [6.45, 7) is 0.0469. The fraction of sp³-hybridized carbons (Fsp3) is 0.0952. The van der Waals surface area contributed by atoms with Gasteiger partial charge in [-0.2, -0.15) is 0 Å². The molecule has 2 aromatic carbocycles. The second-order valence-electron chi connectivity index (χ2n) is 6.81. The van der Waals surface area contributed by atoms with Crippen LogP contribution in [0.15, 0.2) is 60.9 Å². The van der Waals surface area contributed by atoms with Crippen molar-refractivity contribution in [3.05, 3.63) is 92.3 Å². The van der Waals surface area contributed by atoms with Crippen molar-refractivity contribution in [2.45, 2.75) is 6.54 Å². The summed E-state index contributed by atoms with van der Waals surface area (Å²) in [5.41, 5.74) is -0.0864. The summed E-state index contributed by atoms with van der Waals surface area (Å²) in [6.07, 6.45) is 3.16. The first kappa shape index (κ1) is 21.8. The van der Waals surface area contributed by atoms with E-state index in [2.05, 4.69) is 9.97 Å². The summed E-state index contributed by atoms with van der Waals surface area (Å²) in [5, 5.41) is 22.9. The van der Waals surface area contributed by atoms with E-state index in [1.54, 1.807) is 36.7 Å². The highest BCUT2D eigenvalue weighted by atomic mass is 32.1. The normalized spacial score (nSPS) is 10.7. The number of carbonyl (C=O) groups excluding carboxylic acids is 1. The Labute approximate surface area is 190 Å². The molecular weight excluding hydrogens is 450 g/mol. The lowest BCUT2D eigenvalue weighted by molar-refractivity contribution is -0.394.